The monoisotopic (exact) mass is 256 g/mol. The molecule has 0 aliphatic rings. The Kier molecular flexibility index (Phi) is 3.69. The topological polar surface area (TPSA) is 37.3 Å². The molecule has 0 radical (unpaired) electrons. The molecule has 0 saturated carbocycles. The molecule has 0 aliphatic carbocycles. The number of hydrogen-bond donors (Lipinski definition) is 1. The quantitative estimate of drug-likeness (QED) is 0.667. The van der Waals surface area contributed by atoms with Crippen LogP contribution in [0.5, 0.6) is 5.75 Å². The predicted octanol–water partition coefficient (Wildman–Crippen LogP) is 2.92. The molecule has 0 spiro atoms. The van der Waals surface area contributed by atoms with Gasteiger partial charge in [0.15, 0.2) is 5.78 Å². The highest BCUT2D eigenvalue weighted by Crippen LogP contribution is 2.25. The van der Waals surface area contributed by atoms with Crippen molar-refractivity contribution in [1.82, 2.24) is 0 Å². The van der Waals surface area contributed by atoms with Crippen molar-refractivity contribution in [3.63, 3.8) is 0 Å². The van der Waals surface area contributed by atoms with E-state index >= 15 is 0 Å². The molecule has 0 aromatic heterocycles. The first-order valence-electron chi connectivity index (χ1n) is 4.57. The molecule has 1 aromatic rings. The van der Waals surface area contributed by atoms with Gasteiger partial charge in [0.05, 0.1) is 10.4 Å². The second-order valence-electron chi connectivity index (χ2n) is 3.15. The number of ketones is 1. The molecule has 0 bridgehead atoms. The van der Waals surface area contributed by atoms with Crippen LogP contribution < -0.4 is 0 Å². The Hall–Kier alpha value is -0.830. The van der Waals surface area contributed by atoms with Crippen LogP contribution in [0.3, 0.4) is 0 Å². The lowest BCUT2D eigenvalue weighted by Gasteiger charge is -2.08. The number of alkyl halides is 1. The molecule has 76 valence electrons. The summed E-state index contributed by atoms with van der Waals surface area (Å²) >= 11 is 3.20. The van der Waals surface area contributed by atoms with Gasteiger partial charge in [-0.25, -0.2) is 0 Å². The average molecular weight is 257 g/mol. The number of phenolic OH excluding ortho intramolecular Hbond substituents is 1. The Morgan fingerprint density at radius 2 is 2.21 bits per heavy atom. The van der Waals surface area contributed by atoms with Crippen LogP contribution in [0.1, 0.15) is 29.8 Å². The first-order chi connectivity index (χ1) is 6.57. The van der Waals surface area contributed by atoms with E-state index in [0.717, 1.165) is 12.0 Å². The summed E-state index contributed by atoms with van der Waals surface area (Å²) in [5, 5.41) is 9.77. The van der Waals surface area contributed by atoms with Gasteiger partial charge in [0, 0.05) is 0 Å². The van der Waals surface area contributed by atoms with Crippen molar-refractivity contribution >= 4 is 21.7 Å². The number of carbonyl (C=O) groups excluding carboxylic acids is 1. The molecule has 1 unspecified atom stereocenters. The molecule has 0 fully saturated rings. The summed E-state index contributed by atoms with van der Waals surface area (Å²) in [6, 6.07) is 5.26. The molecule has 1 aromatic carbocycles. The van der Waals surface area contributed by atoms with Crippen LogP contribution in [-0.4, -0.2) is 15.7 Å². The Morgan fingerprint density at radius 1 is 1.57 bits per heavy atom. The minimum absolute atomic E-state index is 0.0854. The normalized spacial score (nSPS) is 12.5. The van der Waals surface area contributed by atoms with Crippen LogP contribution in [0.2, 0.25) is 0 Å². The minimum atomic E-state index is -0.263. The SMILES string of the molecule is CCc1cccc(C(=O)C(C)Br)c1O. The number of Topliss-reactive ketones (excluding diaryl/α,β-unsaturated/α-hetero) is 1. The fourth-order valence-corrected chi connectivity index (χ4v) is 1.54. The van der Waals surface area contributed by atoms with Crippen LogP contribution in [0.15, 0.2) is 18.2 Å². The van der Waals surface area contributed by atoms with Gasteiger partial charge in [-0.05, 0) is 25.0 Å². The molecular formula is C11H13BrO2. The maximum Gasteiger partial charge on any atom is 0.179 e. The largest absolute Gasteiger partial charge is 0.507 e. The van der Waals surface area contributed by atoms with Crippen molar-refractivity contribution in [1.29, 1.82) is 0 Å². The molecule has 1 N–H and O–H groups in total. The second kappa shape index (κ2) is 4.60. The zero-order chi connectivity index (χ0) is 10.7. The standard InChI is InChI=1S/C11H13BrO2/c1-3-8-5-4-6-9(11(8)14)10(13)7(2)12/h4-7,14H,3H2,1-2H3. The average Bonchev–Trinajstić information content (AvgIpc) is 2.17. The van der Waals surface area contributed by atoms with Crippen LogP contribution in [-0.2, 0) is 6.42 Å². The van der Waals surface area contributed by atoms with Gasteiger partial charge < -0.3 is 5.11 Å². The maximum absolute atomic E-state index is 11.6. The van der Waals surface area contributed by atoms with E-state index in [1.165, 1.54) is 0 Å². The minimum Gasteiger partial charge on any atom is -0.507 e. The maximum atomic E-state index is 11.6. The highest BCUT2D eigenvalue weighted by atomic mass is 79.9. The number of phenols is 1. The molecule has 14 heavy (non-hydrogen) atoms. The molecule has 3 heteroatoms. The van der Waals surface area contributed by atoms with Crippen molar-refractivity contribution in [3.8, 4) is 5.75 Å². The van der Waals surface area contributed by atoms with Crippen molar-refractivity contribution in [3.05, 3.63) is 29.3 Å². The molecule has 0 saturated heterocycles. The Bertz CT molecular complexity index is 345. The van der Waals surface area contributed by atoms with E-state index < -0.39 is 0 Å². The molecule has 0 amide bonds. The Morgan fingerprint density at radius 3 is 2.71 bits per heavy atom. The van der Waals surface area contributed by atoms with Gasteiger partial charge in [0.2, 0.25) is 0 Å². The Balaban J connectivity index is 3.16. The van der Waals surface area contributed by atoms with Crippen LogP contribution in [0, 0.1) is 0 Å². The fraction of sp³-hybridized carbons (Fsp3) is 0.364. The number of carbonyl (C=O) groups is 1. The molecule has 0 aliphatic heterocycles. The van der Waals surface area contributed by atoms with E-state index in [2.05, 4.69) is 15.9 Å². The summed E-state index contributed by atoms with van der Waals surface area (Å²) in [5.41, 5.74) is 1.21. The van der Waals surface area contributed by atoms with Crippen LogP contribution >= 0.6 is 15.9 Å². The van der Waals surface area contributed by atoms with E-state index in [4.69, 9.17) is 0 Å². The van der Waals surface area contributed by atoms with E-state index in [-0.39, 0.29) is 16.4 Å². The molecule has 1 rings (SSSR count). The number of halogens is 1. The second-order valence-corrected chi connectivity index (χ2v) is 4.52. The number of para-hydroxylation sites is 1. The number of aromatic hydroxyl groups is 1. The van der Waals surface area contributed by atoms with E-state index in [1.807, 2.05) is 13.0 Å². The summed E-state index contributed by atoms with van der Waals surface area (Å²) in [5.74, 6) is 0.0316. The summed E-state index contributed by atoms with van der Waals surface area (Å²) in [6.07, 6.45) is 0.726. The molecular weight excluding hydrogens is 244 g/mol. The number of hydrogen-bond acceptors (Lipinski definition) is 2. The molecule has 0 heterocycles. The molecule has 2 nitrogen and oxygen atoms in total. The van der Waals surface area contributed by atoms with Crippen molar-refractivity contribution in [2.45, 2.75) is 25.1 Å². The first-order valence-corrected chi connectivity index (χ1v) is 5.48. The predicted molar refractivity (Wildman–Crippen MR) is 60.2 cm³/mol. The third-order valence-corrected chi connectivity index (χ3v) is 2.54. The fourth-order valence-electron chi connectivity index (χ4n) is 1.29. The highest BCUT2D eigenvalue weighted by Gasteiger charge is 2.16. The summed E-state index contributed by atoms with van der Waals surface area (Å²) in [7, 11) is 0. The summed E-state index contributed by atoms with van der Waals surface area (Å²) < 4.78 is 0. The third kappa shape index (κ3) is 2.15. The smallest absolute Gasteiger partial charge is 0.179 e. The summed E-state index contributed by atoms with van der Waals surface area (Å²) in [4.78, 5) is 11.4. The van der Waals surface area contributed by atoms with Crippen molar-refractivity contribution in [2.75, 3.05) is 0 Å². The van der Waals surface area contributed by atoms with Gasteiger partial charge in [-0.15, -0.1) is 0 Å². The van der Waals surface area contributed by atoms with Crippen LogP contribution in [0.4, 0.5) is 0 Å². The van der Waals surface area contributed by atoms with Gasteiger partial charge in [0.25, 0.3) is 0 Å². The Labute approximate surface area is 92.1 Å². The van der Waals surface area contributed by atoms with Gasteiger partial charge in [-0.2, -0.15) is 0 Å². The highest BCUT2D eigenvalue weighted by molar-refractivity contribution is 9.10. The third-order valence-electron chi connectivity index (χ3n) is 2.13. The van der Waals surface area contributed by atoms with Gasteiger partial charge in [0.1, 0.15) is 5.75 Å². The van der Waals surface area contributed by atoms with E-state index in [9.17, 15) is 9.90 Å². The van der Waals surface area contributed by atoms with Crippen LogP contribution in [0.25, 0.3) is 0 Å². The lowest BCUT2D eigenvalue weighted by molar-refractivity contribution is 0.0993. The summed E-state index contributed by atoms with van der Waals surface area (Å²) in [6.45, 7) is 3.70. The number of benzene rings is 1. The zero-order valence-corrected chi connectivity index (χ0v) is 9.84. The van der Waals surface area contributed by atoms with Crippen molar-refractivity contribution < 1.29 is 9.90 Å². The van der Waals surface area contributed by atoms with E-state index in [0.29, 0.717) is 5.56 Å². The lowest BCUT2D eigenvalue weighted by Crippen LogP contribution is -2.10. The van der Waals surface area contributed by atoms with Gasteiger partial charge >= 0.3 is 0 Å². The number of rotatable bonds is 3. The molecule has 1 atom stereocenters. The number of aryl methyl sites for hydroxylation is 1. The van der Waals surface area contributed by atoms with Gasteiger partial charge in [-0.3, -0.25) is 4.79 Å². The van der Waals surface area contributed by atoms with Gasteiger partial charge in [-0.1, -0.05) is 35.0 Å². The first kappa shape index (κ1) is 11.2. The lowest BCUT2D eigenvalue weighted by atomic mass is 10.0. The van der Waals surface area contributed by atoms with Crippen molar-refractivity contribution in [2.24, 2.45) is 0 Å². The van der Waals surface area contributed by atoms with E-state index in [1.54, 1.807) is 19.1 Å². The zero-order valence-electron chi connectivity index (χ0n) is 8.25.